The number of ketones is 1. The third-order valence-electron chi connectivity index (χ3n) is 4.90. The van der Waals surface area contributed by atoms with Gasteiger partial charge in [-0.3, -0.25) is 9.59 Å². The van der Waals surface area contributed by atoms with E-state index in [9.17, 15) is 22.4 Å². The molecule has 0 aliphatic carbocycles. The van der Waals surface area contributed by atoms with Crippen molar-refractivity contribution in [2.75, 3.05) is 13.1 Å². The number of hydrogen-bond acceptors (Lipinski definition) is 4. The van der Waals surface area contributed by atoms with Crippen LogP contribution in [0, 0.1) is 17.7 Å². The lowest BCUT2D eigenvalue weighted by atomic mass is 9.87. The van der Waals surface area contributed by atoms with E-state index in [2.05, 4.69) is 5.32 Å². The molecule has 1 N–H and O–H groups in total. The van der Waals surface area contributed by atoms with Crippen LogP contribution in [0.5, 0.6) is 0 Å². The Bertz CT molecular complexity index is 991. The van der Waals surface area contributed by atoms with Gasteiger partial charge in [0.15, 0.2) is 5.78 Å². The number of carbonyl (C=O) groups excluding carboxylic acids is 2. The van der Waals surface area contributed by atoms with E-state index < -0.39 is 27.7 Å². The Morgan fingerprint density at radius 1 is 1.00 bits per heavy atom. The molecule has 0 spiro atoms. The minimum atomic E-state index is -3.96. The number of halogens is 1. The van der Waals surface area contributed by atoms with Crippen LogP contribution in [0.25, 0.3) is 0 Å². The molecule has 1 saturated heterocycles. The first-order valence-corrected chi connectivity index (χ1v) is 10.8. The van der Waals surface area contributed by atoms with Crippen molar-refractivity contribution in [1.29, 1.82) is 0 Å². The van der Waals surface area contributed by atoms with Crippen molar-refractivity contribution in [3.63, 3.8) is 0 Å². The van der Waals surface area contributed by atoms with E-state index in [1.165, 1.54) is 12.1 Å². The molecule has 29 heavy (non-hydrogen) atoms. The molecule has 0 aromatic heterocycles. The Morgan fingerprint density at radius 2 is 1.59 bits per heavy atom. The van der Waals surface area contributed by atoms with Gasteiger partial charge in [-0.1, -0.05) is 30.3 Å². The second kappa shape index (κ2) is 8.42. The minimum Gasteiger partial charge on any atom is -0.354 e. The summed E-state index contributed by atoms with van der Waals surface area (Å²) in [5.74, 6) is -2.78. The number of nitrogens with zero attached hydrogens (tertiary/aromatic N) is 1. The molecule has 2 aromatic carbocycles. The van der Waals surface area contributed by atoms with Gasteiger partial charge in [0.25, 0.3) is 0 Å². The molecule has 1 aliphatic heterocycles. The maximum Gasteiger partial charge on any atom is 0.243 e. The number of benzene rings is 2. The maximum atomic E-state index is 13.2. The Kier molecular flexibility index (Phi) is 6.14. The molecule has 0 bridgehead atoms. The van der Waals surface area contributed by atoms with Gasteiger partial charge in [-0.2, -0.15) is 4.31 Å². The fraction of sp³-hybridized carbons (Fsp3) is 0.333. The van der Waals surface area contributed by atoms with Crippen LogP contribution in [0.2, 0.25) is 0 Å². The lowest BCUT2D eigenvalue weighted by Crippen LogP contribution is -2.40. The largest absolute Gasteiger partial charge is 0.354 e. The predicted molar refractivity (Wildman–Crippen MR) is 106 cm³/mol. The SMILES string of the molecule is CC(C)NC(=O)[C@@H]1CN(S(=O)(=O)c2ccc(F)cc2)C[C@H]1C(=O)c1ccccc1. The van der Waals surface area contributed by atoms with Crippen LogP contribution in [-0.4, -0.2) is 43.5 Å². The number of sulfonamides is 1. The molecule has 2 atom stereocenters. The van der Waals surface area contributed by atoms with E-state index in [0.29, 0.717) is 5.56 Å². The molecule has 0 saturated carbocycles. The van der Waals surface area contributed by atoms with Crippen LogP contribution in [0.15, 0.2) is 59.5 Å². The van der Waals surface area contributed by atoms with Gasteiger partial charge in [0.1, 0.15) is 5.82 Å². The van der Waals surface area contributed by atoms with Crippen molar-refractivity contribution < 1.29 is 22.4 Å². The van der Waals surface area contributed by atoms with Crippen LogP contribution in [-0.2, 0) is 14.8 Å². The molecular formula is C21H23FN2O4S. The number of nitrogens with one attached hydrogen (secondary N) is 1. The first-order valence-electron chi connectivity index (χ1n) is 9.35. The molecular weight excluding hydrogens is 395 g/mol. The summed E-state index contributed by atoms with van der Waals surface area (Å²) in [5, 5.41) is 2.78. The fourth-order valence-electron chi connectivity index (χ4n) is 3.46. The lowest BCUT2D eigenvalue weighted by Gasteiger charge is -2.18. The topological polar surface area (TPSA) is 83.6 Å². The molecule has 8 heteroatoms. The normalized spacial score (nSPS) is 20.0. The molecule has 2 aromatic rings. The summed E-state index contributed by atoms with van der Waals surface area (Å²) in [5.41, 5.74) is 0.431. The zero-order valence-corrected chi connectivity index (χ0v) is 17.0. The zero-order valence-electron chi connectivity index (χ0n) is 16.2. The summed E-state index contributed by atoms with van der Waals surface area (Å²) >= 11 is 0. The molecule has 1 fully saturated rings. The van der Waals surface area contributed by atoms with Crippen LogP contribution in [0.4, 0.5) is 4.39 Å². The highest BCUT2D eigenvalue weighted by molar-refractivity contribution is 7.89. The molecule has 0 unspecified atom stereocenters. The third kappa shape index (κ3) is 4.54. The fourth-order valence-corrected chi connectivity index (χ4v) is 4.95. The summed E-state index contributed by atoms with van der Waals surface area (Å²) in [6.45, 7) is 3.38. The van der Waals surface area contributed by atoms with Crippen LogP contribution < -0.4 is 5.32 Å². The van der Waals surface area contributed by atoms with E-state index in [1.54, 1.807) is 44.2 Å². The van der Waals surface area contributed by atoms with Crippen LogP contribution in [0.3, 0.4) is 0 Å². The van der Waals surface area contributed by atoms with Crippen molar-refractivity contribution in [3.8, 4) is 0 Å². The van der Waals surface area contributed by atoms with E-state index in [-0.39, 0.29) is 35.7 Å². The third-order valence-corrected chi connectivity index (χ3v) is 6.75. The monoisotopic (exact) mass is 418 g/mol. The highest BCUT2D eigenvalue weighted by Crippen LogP contribution is 2.31. The second-order valence-electron chi connectivity index (χ2n) is 7.38. The quantitative estimate of drug-likeness (QED) is 0.731. The zero-order chi connectivity index (χ0) is 21.2. The summed E-state index contributed by atoms with van der Waals surface area (Å²) < 4.78 is 40.3. The molecule has 1 amide bonds. The van der Waals surface area contributed by atoms with Gasteiger partial charge in [0, 0.05) is 30.6 Å². The Morgan fingerprint density at radius 3 is 2.17 bits per heavy atom. The van der Waals surface area contributed by atoms with Crippen molar-refractivity contribution in [2.24, 2.45) is 11.8 Å². The maximum absolute atomic E-state index is 13.2. The highest BCUT2D eigenvalue weighted by Gasteiger charge is 2.46. The van der Waals surface area contributed by atoms with E-state index in [4.69, 9.17) is 0 Å². The summed E-state index contributed by atoms with van der Waals surface area (Å²) in [4.78, 5) is 25.7. The first-order chi connectivity index (χ1) is 13.7. The van der Waals surface area contributed by atoms with Crippen molar-refractivity contribution in [1.82, 2.24) is 9.62 Å². The Hall–Kier alpha value is -2.58. The van der Waals surface area contributed by atoms with Gasteiger partial charge in [-0.05, 0) is 38.1 Å². The molecule has 1 aliphatic rings. The molecule has 154 valence electrons. The summed E-state index contributed by atoms with van der Waals surface area (Å²) in [6.07, 6.45) is 0. The number of carbonyl (C=O) groups is 2. The van der Waals surface area contributed by atoms with Crippen LogP contribution >= 0.6 is 0 Å². The van der Waals surface area contributed by atoms with Gasteiger partial charge >= 0.3 is 0 Å². The van der Waals surface area contributed by atoms with Crippen molar-refractivity contribution in [2.45, 2.75) is 24.8 Å². The van der Waals surface area contributed by atoms with Gasteiger partial charge in [-0.15, -0.1) is 0 Å². The Balaban J connectivity index is 1.92. The average Bonchev–Trinajstić information content (AvgIpc) is 3.14. The summed E-state index contributed by atoms with van der Waals surface area (Å²) in [7, 11) is -3.96. The summed E-state index contributed by atoms with van der Waals surface area (Å²) in [6, 6.07) is 12.9. The van der Waals surface area contributed by atoms with Gasteiger partial charge in [0.2, 0.25) is 15.9 Å². The van der Waals surface area contributed by atoms with E-state index >= 15 is 0 Å². The minimum absolute atomic E-state index is 0.0743. The molecule has 1 heterocycles. The van der Waals surface area contributed by atoms with Crippen molar-refractivity contribution >= 4 is 21.7 Å². The predicted octanol–water partition coefficient (Wildman–Crippen LogP) is 2.47. The number of Topliss-reactive ketones (excluding diaryl/α,β-unsaturated/α-hetero) is 1. The molecule has 3 rings (SSSR count). The average molecular weight is 418 g/mol. The standard InChI is InChI=1S/C21H23FN2O4S/c1-14(2)23-21(26)19-13-24(29(27,28)17-10-8-16(22)9-11-17)12-18(19)20(25)15-6-4-3-5-7-15/h3-11,14,18-19H,12-13H2,1-2H3,(H,23,26)/t18-,19-/m1/s1. The van der Waals surface area contributed by atoms with Crippen LogP contribution in [0.1, 0.15) is 24.2 Å². The smallest absolute Gasteiger partial charge is 0.243 e. The number of rotatable bonds is 6. The first kappa shape index (κ1) is 21.1. The second-order valence-corrected chi connectivity index (χ2v) is 9.32. The Labute approximate surface area is 169 Å². The molecule has 0 radical (unpaired) electrons. The van der Waals surface area contributed by atoms with Gasteiger partial charge < -0.3 is 5.32 Å². The number of hydrogen-bond donors (Lipinski definition) is 1. The highest BCUT2D eigenvalue weighted by atomic mass is 32.2. The van der Waals surface area contributed by atoms with Crippen molar-refractivity contribution in [3.05, 3.63) is 66.0 Å². The van der Waals surface area contributed by atoms with E-state index in [0.717, 1.165) is 16.4 Å². The van der Waals surface area contributed by atoms with Gasteiger partial charge in [-0.25, -0.2) is 12.8 Å². The number of amides is 1. The van der Waals surface area contributed by atoms with E-state index in [1.807, 2.05) is 0 Å². The lowest BCUT2D eigenvalue weighted by molar-refractivity contribution is -0.125. The molecule has 6 nitrogen and oxygen atoms in total. The van der Waals surface area contributed by atoms with Gasteiger partial charge in [0.05, 0.1) is 10.8 Å².